The first kappa shape index (κ1) is 20.7. The third-order valence-electron chi connectivity index (χ3n) is 3.87. The lowest BCUT2D eigenvalue weighted by atomic mass is 10.1. The van der Waals surface area contributed by atoms with Crippen molar-refractivity contribution in [3.05, 3.63) is 69.8 Å². The van der Waals surface area contributed by atoms with E-state index >= 15 is 0 Å². The summed E-state index contributed by atoms with van der Waals surface area (Å²) in [5.41, 5.74) is -0.00451. The van der Waals surface area contributed by atoms with Gasteiger partial charge in [0.2, 0.25) is 11.7 Å². The van der Waals surface area contributed by atoms with Crippen molar-refractivity contribution in [1.82, 2.24) is 0 Å². The molecule has 0 aliphatic carbocycles. The fourth-order valence-electron chi connectivity index (χ4n) is 2.57. The Labute approximate surface area is 174 Å². The monoisotopic (exact) mass is 431 g/mol. The van der Waals surface area contributed by atoms with Crippen LogP contribution in [0.15, 0.2) is 48.5 Å². The second-order valence-electron chi connectivity index (χ2n) is 6.02. The number of anilines is 1. The van der Waals surface area contributed by atoms with Crippen LogP contribution in [0.3, 0.4) is 0 Å². The Kier molecular flexibility index (Phi) is 6.41. The summed E-state index contributed by atoms with van der Waals surface area (Å²) in [5.74, 6) is -2.62. The number of fused-ring (bicyclic) bond motifs is 1. The van der Waals surface area contributed by atoms with Gasteiger partial charge in [0.1, 0.15) is 5.82 Å². The van der Waals surface area contributed by atoms with Crippen LogP contribution in [-0.4, -0.2) is 24.3 Å². The molecule has 0 spiro atoms. The topological polar surface area (TPSA) is 72.5 Å². The summed E-state index contributed by atoms with van der Waals surface area (Å²) in [7, 11) is 0. The largest absolute Gasteiger partial charge is 0.454 e. The van der Waals surface area contributed by atoms with Gasteiger partial charge >= 0.3 is 5.97 Å². The molecule has 29 heavy (non-hydrogen) atoms. The van der Waals surface area contributed by atoms with Crippen LogP contribution >= 0.6 is 22.9 Å². The minimum absolute atomic E-state index is 0.228. The minimum Gasteiger partial charge on any atom is -0.454 e. The zero-order valence-electron chi connectivity index (χ0n) is 15.2. The van der Waals surface area contributed by atoms with Gasteiger partial charge in [-0.2, -0.15) is 0 Å². The summed E-state index contributed by atoms with van der Waals surface area (Å²) in [6, 6.07) is 11.2. The Hall–Kier alpha value is -3.03. The second-order valence-corrected chi connectivity index (χ2v) is 7.48. The van der Waals surface area contributed by atoms with Crippen molar-refractivity contribution >= 4 is 62.4 Å². The number of nitrogens with one attached hydrogen (secondary N) is 1. The van der Waals surface area contributed by atoms with Crippen LogP contribution in [0.25, 0.3) is 16.2 Å². The lowest BCUT2D eigenvalue weighted by Gasteiger charge is -2.06. The number of hydrogen-bond donors (Lipinski definition) is 1. The van der Waals surface area contributed by atoms with E-state index in [4.69, 9.17) is 16.3 Å². The standard InChI is InChI=1S/C21H15ClFNO4S/c1-12(25)24-13-6-7-14(16(23)10-13)17(26)11-28-20(27)9-8-19-21(22)15-4-2-3-5-18(15)29-19/h2-10H,11H2,1H3,(H,24,25)/b9-8+. The van der Waals surface area contributed by atoms with Crippen LogP contribution in [0.2, 0.25) is 5.02 Å². The van der Waals surface area contributed by atoms with Crippen molar-refractivity contribution in [2.75, 3.05) is 11.9 Å². The molecule has 5 nitrogen and oxygen atoms in total. The molecule has 1 heterocycles. The Morgan fingerprint density at radius 1 is 1.21 bits per heavy atom. The molecule has 0 unspecified atom stereocenters. The predicted octanol–water partition coefficient (Wildman–Crippen LogP) is 5.09. The van der Waals surface area contributed by atoms with E-state index < -0.39 is 24.2 Å². The summed E-state index contributed by atoms with van der Waals surface area (Å²) in [4.78, 5) is 35.7. The molecule has 0 fully saturated rings. The number of carbonyl (C=O) groups is 3. The van der Waals surface area contributed by atoms with E-state index in [0.29, 0.717) is 9.90 Å². The van der Waals surface area contributed by atoms with E-state index in [1.807, 2.05) is 24.3 Å². The zero-order chi connectivity index (χ0) is 21.0. The molecule has 3 aromatic rings. The fraction of sp³-hybridized carbons (Fsp3) is 0.0952. The molecule has 2 aromatic carbocycles. The number of hydrogen-bond acceptors (Lipinski definition) is 5. The number of carbonyl (C=O) groups excluding carboxylic acids is 3. The quantitative estimate of drug-likeness (QED) is 0.335. The van der Waals surface area contributed by atoms with E-state index in [-0.39, 0.29) is 17.2 Å². The van der Waals surface area contributed by atoms with Crippen molar-refractivity contribution in [2.24, 2.45) is 0 Å². The first-order valence-corrected chi connectivity index (χ1v) is 9.67. The maximum atomic E-state index is 14.1. The lowest BCUT2D eigenvalue weighted by molar-refractivity contribution is -0.136. The molecule has 0 saturated heterocycles. The molecule has 0 aliphatic heterocycles. The molecular weight excluding hydrogens is 417 g/mol. The lowest BCUT2D eigenvalue weighted by Crippen LogP contribution is -2.14. The highest BCUT2D eigenvalue weighted by atomic mass is 35.5. The van der Waals surface area contributed by atoms with Crippen LogP contribution in [0.4, 0.5) is 10.1 Å². The molecule has 8 heteroatoms. The van der Waals surface area contributed by atoms with E-state index in [1.54, 1.807) is 0 Å². The first-order chi connectivity index (χ1) is 13.8. The van der Waals surface area contributed by atoms with Crippen LogP contribution < -0.4 is 5.32 Å². The van der Waals surface area contributed by atoms with Gasteiger partial charge in [-0.25, -0.2) is 9.18 Å². The maximum absolute atomic E-state index is 14.1. The number of benzene rings is 2. The number of thiophene rings is 1. The summed E-state index contributed by atoms with van der Waals surface area (Å²) in [5, 5.41) is 3.84. The van der Waals surface area contributed by atoms with Gasteiger partial charge in [-0.15, -0.1) is 11.3 Å². The second kappa shape index (κ2) is 8.98. The molecule has 0 radical (unpaired) electrons. The number of esters is 1. The Balaban J connectivity index is 1.61. The number of Topliss-reactive ketones (excluding diaryl/α,β-unsaturated/α-hetero) is 1. The van der Waals surface area contributed by atoms with Crippen molar-refractivity contribution < 1.29 is 23.5 Å². The molecule has 1 amide bonds. The van der Waals surface area contributed by atoms with Gasteiger partial charge in [0, 0.05) is 33.7 Å². The average molecular weight is 432 g/mol. The highest BCUT2D eigenvalue weighted by Gasteiger charge is 2.15. The number of ether oxygens (including phenoxy) is 1. The van der Waals surface area contributed by atoms with Crippen molar-refractivity contribution in [1.29, 1.82) is 0 Å². The number of rotatable bonds is 6. The third-order valence-corrected chi connectivity index (χ3v) is 5.52. The first-order valence-electron chi connectivity index (χ1n) is 8.47. The maximum Gasteiger partial charge on any atom is 0.331 e. The highest BCUT2D eigenvalue weighted by molar-refractivity contribution is 7.20. The predicted molar refractivity (Wildman–Crippen MR) is 112 cm³/mol. The Bertz CT molecular complexity index is 1140. The van der Waals surface area contributed by atoms with Gasteiger partial charge in [-0.1, -0.05) is 29.8 Å². The van der Waals surface area contributed by atoms with Gasteiger partial charge in [0.25, 0.3) is 0 Å². The van der Waals surface area contributed by atoms with E-state index in [2.05, 4.69) is 5.32 Å². The van der Waals surface area contributed by atoms with Gasteiger partial charge in [0.05, 0.1) is 10.6 Å². The Morgan fingerprint density at radius 2 is 1.97 bits per heavy atom. The molecule has 0 bridgehead atoms. The van der Waals surface area contributed by atoms with Crippen LogP contribution in [0, 0.1) is 5.82 Å². The molecule has 3 rings (SSSR count). The summed E-state index contributed by atoms with van der Waals surface area (Å²) < 4.78 is 19.9. The van der Waals surface area contributed by atoms with E-state index in [9.17, 15) is 18.8 Å². The number of ketones is 1. The van der Waals surface area contributed by atoms with Crippen molar-refractivity contribution in [2.45, 2.75) is 6.92 Å². The van der Waals surface area contributed by atoms with Gasteiger partial charge in [-0.3, -0.25) is 9.59 Å². The van der Waals surface area contributed by atoms with Gasteiger partial charge in [-0.05, 0) is 30.3 Å². The molecule has 1 aromatic heterocycles. The molecule has 148 valence electrons. The molecule has 1 N–H and O–H groups in total. The smallest absolute Gasteiger partial charge is 0.331 e. The van der Waals surface area contributed by atoms with Crippen molar-refractivity contribution in [3.63, 3.8) is 0 Å². The van der Waals surface area contributed by atoms with Gasteiger partial charge in [0.15, 0.2) is 6.61 Å². The summed E-state index contributed by atoms with van der Waals surface area (Å²) >= 11 is 7.72. The molecule has 0 atom stereocenters. The van der Waals surface area contributed by atoms with E-state index in [1.165, 1.54) is 42.5 Å². The van der Waals surface area contributed by atoms with Gasteiger partial charge < -0.3 is 10.1 Å². The van der Waals surface area contributed by atoms with Crippen LogP contribution in [0.1, 0.15) is 22.2 Å². The summed E-state index contributed by atoms with van der Waals surface area (Å²) in [6.07, 6.45) is 2.68. The Morgan fingerprint density at radius 3 is 2.66 bits per heavy atom. The number of amides is 1. The van der Waals surface area contributed by atoms with E-state index in [0.717, 1.165) is 16.2 Å². The molecule has 0 saturated carbocycles. The SMILES string of the molecule is CC(=O)Nc1ccc(C(=O)COC(=O)/C=C/c2sc3ccccc3c2Cl)c(F)c1. The zero-order valence-corrected chi connectivity index (χ0v) is 16.8. The highest BCUT2D eigenvalue weighted by Crippen LogP contribution is 2.35. The molecular formula is C21H15ClFNO4S. The minimum atomic E-state index is -0.815. The van der Waals surface area contributed by atoms with Crippen LogP contribution in [-0.2, 0) is 14.3 Å². The number of halogens is 2. The fourth-order valence-corrected chi connectivity index (χ4v) is 3.97. The molecule has 0 aliphatic rings. The van der Waals surface area contributed by atoms with Crippen molar-refractivity contribution in [3.8, 4) is 0 Å². The average Bonchev–Trinajstić information content (AvgIpc) is 3.00. The summed E-state index contributed by atoms with van der Waals surface area (Å²) in [6.45, 7) is 0.676. The third kappa shape index (κ3) is 5.07. The van der Waals surface area contributed by atoms with Crippen LogP contribution in [0.5, 0.6) is 0 Å². The normalized spacial score (nSPS) is 11.0.